The van der Waals surface area contributed by atoms with Gasteiger partial charge < -0.3 is 5.32 Å². The predicted molar refractivity (Wildman–Crippen MR) is 77.4 cm³/mol. The lowest BCUT2D eigenvalue weighted by Crippen LogP contribution is -2.41. The van der Waals surface area contributed by atoms with Gasteiger partial charge in [-0.05, 0) is 6.92 Å². The minimum atomic E-state index is -0.0241. The topological polar surface area (TPSA) is 54.0 Å². The molecule has 1 fully saturated rings. The third-order valence-corrected chi connectivity index (χ3v) is 3.99. The molecule has 17 heavy (non-hydrogen) atoms. The second-order valence-corrected chi connectivity index (χ2v) is 5.68. The van der Waals surface area contributed by atoms with Crippen molar-refractivity contribution in [2.45, 2.75) is 19.5 Å². The maximum absolute atomic E-state index is 11.6. The number of amides is 1. The van der Waals surface area contributed by atoms with Gasteiger partial charge in [0.05, 0.1) is 17.6 Å². The van der Waals surface area contributed by atoms with Gasteiger partial charge in [-0.25, -0.2) is 4.98 Å². The number of aromatic nitrogens is 1. The van der Waals surface area contributed by atoms with Gasteiger partial charge in [0.1, 0.15) is 0 Å². The molecule has 2 N–H and O–H groups in total. The minimum absolute atomic E-state index is 0. The van der Waals surface area contributed by atoms with Crippen molar-refractivity contribution in [1.29, 1.82) is 0 Å². The molecule has 0 spiro atoms. The monoisotopic (exact) mass is 315 g/mol. The summed E-state index contributed by atoms with van der Waals surface area (Å²) in [6.45, 7) is 2.55. The van der Waals surface area contributed by atoms with Crippen molar-refractivity contribution in [3.8, 4) is 0 Å². The summed E-state index contributed by atoms with van der Waals surface area (Å²) in [6, 6.07) is -0.0241. The van der Waals surface area contributed by atoms with Crippen LogP contribution >= 0.6 is 47.9 Å². The number of rotatable bonds is 3. The molecular formula is C9H15Cl2N3OS2. The fourth-order valence-corrected chi connectivity index (χ4v) is 3.02. The smallest absolute Gasteiger partial charge is 0.238 e. The lowest BCUT2D eigenvalue weighted by atomic mass is 10.3. The summed E-state index contributed by atoms with van der Waals surface area (Å²) in [5, 5.41) is 7.08. The number of carbonyl (C=O) groups excluding carboxylic acids is 1. The molecule has 1 aromatic rings. The zero-order chi connectivity index (χ0) is 10.7. The van der Waals surface area contributed by atoms with E-state index in [2.05, 4.69) is 15.6 Å². The van der Waals surface area contributed by atoms with Gasteiger partial charge in [-0.2, -0.15) is 0 Å². The van der Waals surface area contributed by atoms with Crippen molar-refractivity contribution in [3.63, 3.8) is 0 Å². The van der Waals surface area contributed by atoms with E-state index in [0.717, 1.165) is 21.5 Å². The van der Waals surface area contributed by atoms with Crippen LogP contribution in [0.25, 0.3) is 0 Å². The number of hydrogen-bond acceptors (Lipinski definition) is 5. The van der Waals surface area contributed by atoms with Crippen molar-refractivity contribution in [2.24, 2.45) is 0 Å². The highest BCUT2D eigenvalue weighted by atomic mass is 35.5. The summed E-state index contributed by atoms with van der Waals surface area (Å²) < 4.78 is 0. The van der Waals surface area contributed by atoms with Crippen LogP contribution in [0.2, 0.25) is 0 Å². The average molecular weight is 316 g/mol. The average Bonchev–Trinajstić information content (AvgIpc) is 2.84. The van der Waals surface area contributed by atoms with Crippen molar-refractivity contribution < 1.29 is 4.79 Å². The molecular weight excluding hydrogens is 301 g/mol. The second-order valence-electron chi connectivity index (χ2n) is 3.34. The quantitative estimate of drug-likeness (QED) is 0.889. The van der Waals surface area contributed by atoms with E-state index in [1.807, 2.05) is 13.1 Å². The van der Waals surface area contributed by atoms with Crippen LogP contribution in [-0.2, 0) is 11.3 Å². The Balaban J connectivity index is 0.00000128. The molecule has 98 valence electrons. The second kappa shape index (κ2) is 8.16. The number of thiazole rings is 1. The molecule has 1 aromatic heterocycles. The molecule has 1 unspecified atom stereocenters. The first-order valence-electron chi connectivity index (χ1n) is 4.76. The molecule has 0 radical (unpaired) electrons. The lowest BCUT2D eigenvalue weighted by molar-refractivity contribution is -0.122. The summed E-state index contributed by atoms with van der Waals surface area (Å²) in [5.74, 6) is 1.83. The van der Waals surface area contributed by atoms with Crippen LogP contribution in [0.1, 0.15) is 9.88 Å². The summed E-state index contributed by atoms with van der Waals surface area (Å²) >= 11 is 3.38. The first kappa shape index (κ1) is 17.0. The molecule has 1 aliphatic heterocycles. The Labute approximate surface area is 121 Å². The molecule has 0 aromatic carbocycles. The normalized spacial score (nSPS) is 18.1. The Kier molecular flexibility index (Phi) is 8.15. The largest absolute Gasteiger partial charge is 0.350 e. The van der Waals surface area contributed by atoms with Gasteiger partial charge in [-0.3, -0.25) is 10.1 Å². The van der Waals surface area contributed by atoms with E-state index in [1.54, 1.807) is 23.1 Å². The summed E-state index contributed by atoms with van der Waals surface area (Å²) in [7, 11) is 0. The molecule has 1 amide bonds. The summed E-state index contributed by atoms with van der Waals surface area (Å²) in [5.41, 5.74) is 0. The molecule has 2 rings (SSSR count). The number of aryl methyl sites for hydroxylation is 1. The number of carbonyl (C=O) groups is 1. The van der Waals surface area contributed by atoms with Crippen molar-refractivity contribution >= 4 is 53.8 Å². The highest BCUT2D eigenvalue weighted by molar-refractivity contribution is 7.99. The Morgan fingerprint density at radius 1 is 1.65 bits per heavy atom. The van der Waals surface area contributed by atoms with Crippen LogP contribution in [0, 0.1) is 6.92 Å². The molecule has 0 saturated carbocycles. The van der Waals surface area contributed by atoms with Crippen LogP contribution in [0.4, 0.5) is 0 Å². The first-order valence-corrected chi connectivity index (χ1v) is 6.73. The SMILES string of the molecule is Cc1ncc(CNC(=O)C2CSCN2)s1.Cl.Cl. The maximum atomic E-state index is 11.6. The maximum Gasteiger partial charge on any atom is 0.238 e. The fraction of sp³-hybridized carbons (Fsp3) is 0.556. The first-order chi connectivity index (χ1) is 7.25. The van der Waals surface area contributed by atoms with Gasteiger partial charge in [0, 0.05) is 22.7 Å². The third kappa shape index (κ3) is 5.01. The molecule has 4 nitrogen and oxygen atoms in total. The van der Waals surface area contributed by atoms with Crippen molar-refractivity contribution in [2.75, 3.05) is 11.6 Å². The van der Waals surface area contributed by atoms with E-state index in [0.29, 0.717) is 6.54 Å². The molecule has 0 bridgehead atoms. The minimum Gasteiger partial charge on any atom is -0.350 e. The van der Waals surface area contributed by atoms with Crippen molar-refractivity contribution in [1.82, 2.24) is 15.6 Å². The predicted octanol–water partition coefficient (Wildman–Crippen LogP) is 1.57. The van der Waals surface area contributed by atoms with Crippen LogP contribution in [0.5, 0.6) is 0 Å². The highest BCUT2D eigenvalue weighted by Gasteiger charge is 2.21. The van der Waals surface area contributed by atoms with E-state index in [4.69, 9.17) is 0 Å². The number of nitrogens with zero attached hydrogens (tertiary/aromatic N) is 1. The lowest BCUT2D eigenvalue weighted by Gasteiger charge is -2.08. The van der Waals surface area contributed by atoms with Gasteiger partial charge in [0.15, 0.2) is 0 Å². The molecule has 8 heteroatoms. The van der Waals surface area contributed by atoms with E-state index in [9.17, 15) is 4.79 Å². The van der Waals surface area contributed by atoms with Gasteiger partial charge in [-0.1, -0.05) is 0 Å². The van der Waals surface area contributed by atoms with E-state index in [1.165, 1.54) is 0 Å². The van der Waals surface area contributed by atoms with Crippen molar-refractivity contribution in [3.05, 3.63) is 16.1 Å². The Morgan fingerprint density at radius 2 is 2.41 bits per heavy atom. The summed E-state index contributed by atoms with van der Waals surface area (Å²) in [4.78, 5) is 16.9. The molecule has 1 atom stereocenters. The molecule has 2 heterocycles. The van der Waals surface area contributed by atoms with E-state index >= 15 is 0 Å². The Hall–Kier alpha value is -0.0100. The van der Waals surface area contributed by atoms with Gasteiger partial charge >= 0.3 is 0 Å². The third-order valence-electron chi connectivity index (χ3n) is 2.14. The van der Waals surface area contributed by atoms with Gasteiger partial charge in [0.2, 0.25) is 5.91 Å². The highest BCUT2D eigenvalue weighted by Crippen LogP contribution is 2.12. The fourth-order valence-electron chi connectivity index (χ4n) is 1.35. The zero-order valence-corrected chi connectivity index (χ0v) is 12.5. The van der Waals surface area contributed by atoms with E-state index < -0.39 is 0 Å². The molecule has 0 aliphatic carbocycles. The van der Waals surface area contributed by atoms with Crippen LogP contribution in [0.15, 0.2) is 6.20 Å². The zero-order valence-electron chi connectivity index (χ0n) is 9.26. The molecule has 1 saturated heterocycles. The number of nitrogens with one attached hydrogen (secondary N) is 2. The number of halogens is 2. The van der Waals surface area contributed by atoms with Crippen LogP contribution in [0.3, 0.4) is 0 Å². The summed E-state index contributed by atoms with van der Waals surface area (Å²) in [6.07, 6.45) is 1.82. The number of thioether (sulfide) groups is 1. The number of hydrogen-bond donors (Lipinski definition) is 2. The van der Waals surface area contributed by atoms with Gasteiger partial charge in [0.25, 0.3) is 0 Å². The van der Waals surface area contributed by atoms with E-state index in [-0.39, 0.29) is 36.8 Å². The standard InChI is InChI=1S/C9H13N3OS2.2ClH/c1-6-10-2-7(15-6)3-11-9(13)8-4-14-5-12-8;;/h2,8,12H,3-5H2,1H3,(H,11,13);2*1H. The molecule has 1 aliphatic rings. The Bertz CT molecular complexity index is 356. The Morgan fingerprint density at radius 3 is 2.94 bits per heavy atom. The van der Waals surface area contributed by atoms with Crippen LogP contribution in [-0.4, -0.2) is 28.6 Å². The van der Waals surface area contributed by atoms with Crippen LogP contribution < -0.4 is 10.6 Å². The van der Waals surface area contributed by atoms with Gasteiger partial charge in [-0.15, -0.1) is 47.9 Å².